The standard InChI is InChI=1S/C11H11F2NO4/c12-7-2-1-6(5-8(7)13)10(16)14-4-3-9(15)11(17)18/h1-2,5,9,15H,3-4H2,(H,14,16)(H,17,18). The van der Waals surface area contributed by atoms with E-state index in [2.05, 4.69) is 5.32 Å². The lowest BCUT2D eigenvalue weighted by Gasteiger charge is -2.07. The van der Waals surface area contributed by atoms with Crippen molar-refractivity contribution in [2.45, 2.75) is 12.5 Å². The average molecular weight is 259 g/mol. The number of carbonyl (C=O) groups excluding carboxylic acids is 1. The van der Waals surface area contributed by atoms with Gasteiger partial charge in [-0.3, -0.25) is 4.79 Å². The summed E-state index contributed by atoms with van der Waals surface area (Å²) in [6, 6.07) is 2.65. The van der Waals surface area contributed by atoms with Crippen LogP contribution >= 0.6 is 0 Å². The monoisotopic (exact) mass is 259 g/mol. The summed E-state index contributed by atoms with van der Waals surface area (Å²) in [7, 11) is 0. The summed E-state index contributed by atoms with van der Waals surface area (Å²) in [5, 5.41) is 19.6. The summed E-state index contributed by atoms with van der Waals surface area (Å²) in [6.45, 7) is -0.0920. The molecule has 0 saturated heterocycles. The van der Waals surface area contributed by atoms with Crippen molar-refractivity contribution < 1.29 is 28.6 Å². The normalized spacial score (nSPS) is 11.9. The minimum atomic E-state index is -1.57. The summed E-state index contributed by atoms with van der Waals surface area (Å²) in [6.07, 6.45) is -1.75. The first-order valence-electron chi connectivity index (χ1n) is 5.06. The van der Waals surface area contributed by atoms with Crippen LogP contribution in [0.5, 0.6) is 0 Å². The van der Waals surface area contributed by atoms with Crippen molar-refractivity contribution in [2.75, 3.05) is 6.54 Å². The molecule has 98 valence electrons. The van der Waals surface area contributed by atoms with Gasteiger partial charge in [0.1, 0.15) is 0 Å². The molecule has 7 heteroatoms. The fourth-order valence-electron chi connectivity index (χ4n) is 1.19. The number of amides is 1. The van der Waals surface area contributed by atoms with Gasteiger partial charge in [0.05, 0.1) is 0 Å². The van der Waals surface area contributed by atoms with E-state index in [1.54, 1.807) is 0 Å². The Balaban J connectivity index is 2.50. The zero-order chi connectivity index (χ0) is 13.7. The lowest BCUT2D eigenvalue weighted by Crippen LogP contribution is -2.30. The van der Waals surface area contributed by atoms with E-state index in [4.69, 9.17) is 10.2 Å². The number of halogens is 2. The van der Waals surface area contributed by atoms with E-state index >= 15 is 0 Å². The van der Waals surface area contributed by atoms with Gasteiger partial charge in [0.25, 0.3) is 5.91 Å². The lowest BCUT2D eigenvalue weighted by atomic mass is 10.2. The van der Waals surface area contributed by atoms with Crippen LogP contribution in [-0.4, -0.2) is 34.7 Å². The Bertz CT molecular complexity index is 464. The highest BCUT2D eigenvalue weighted by atomic mass is 19.2. The lowest BCUT2D eigenvalue weighted by molar-refractivity contribution is -0.146. The SMILES string of the molecule is O=C(NCCC(O)C(=O)O)c1ccc(F)c(F)c1. The molecule has 1 atom stereocenters. The van der Waals surface area contributed by atoms with Gasteiger partial charge in [0.15, 0.2) is 17.7 Å². The molecular weight excluding hydrogens is 248 g/mol. The number of aliphatic hydroxyl groups excluding tert-OH is 1. The molecule has 3 N–H and O–H groups in total. The molecule has 1 unspecified atom stereocenters. The van der Waals surface area contributed by atoms with E-state index in [0.29, 0.717) is 0 Å². The van der Waals surface area contributed by atoms with Crippen molar-refractivity contribution in [3.05, 3.63) is 35.4 Å². The maximum absolute atomic E-state index is 12.8. The Morgan fingerprint density at radius 1 is 1.28 bits per heavy atom. The van der Waals surface area contributed by atoms with E-state index < -0.39 is 29.6 Å². The zero-order valence-corrected chi connectivity index (χ0v) is 9.19. The largest absolute Gasteiger partial charge is 0.479 e. The Morgan fingerprint density at radius 3 is 2.50 bits per heavy atom. The topological polar surface area (TPSA) is 86.6 Å². The summed E-state index contributed by atoms with van der Waals surface area (Å²) in [5.41, 5.74) is -0.0845. The van der Waals surface area contributed by atoms with Gasteiger partial charge in [-0.25, -0.2) is 13.6 Å². The molecule has 18 heavy (non-hydrogen) atoms. The molecule has 0 aliphatic rings. The van der Waals surface area contributed by atoms with E-state index in [1.165, 1.54) is 0 Å². The summed E-state index contributed by atoms with van der Waals surface area (Å²) in [5.74, 6) is -4.27. The molecule has 0 heterocycles. The maximum Gasteiger partial charge on any atom is 0.332 e. The number of hydrogen-bond donors (Lipinski definition) is 3. The van der Waals surface area contributed by atoms with Gasteiger partial charge in [0, 0.05) is 18.5 Å². The van der Waals surface area contributed by atoms with Crippen molar-refractivity contribution in [3.8, 4) is 0 Å². The molecule has 0 aromatic heterocycles. The molecule has 0 aliphatic carbocycles. The number of aliphatic carboxylic acids is 1. The van der Waals surface area contributed by atoms with E-state index in [0.717, 1.165) is 18.2 Å². The van der Waals surface area contributed by atoms with Gasteiger partial charge >= 0.3 is 5.97 Å². The van der Waals surface area contributed by atoms with Crippen LogP contribution in [0.15, 0.2) is 18.2 Å². The summed E-state index contributed by atoms with van der Waals surface area (Å²) in [4.78, 5) is 21.7. The number of hydrogen-bond acceptors (Lipinski definition) is 3. The Hall–Kier alpha value is -2.02. The van der Waals surface area contributed by atoms with Crippen LogP contribution in [0.3, 0.4) is 0 Å². The third-order valence-electron chi connectivity index (χ3n) is 2.17. The van der Waals surface area contributed by atoms with Gasteiger partial charge in [0.2, 0.25) is 0 Å². The third-order valence-corrected chi connectivity index (χ3v) is 2.17. The van der Waals surface area contributed by atoms with Crippen molar-refractivity contribution in [1.29, 1.82) is 0 Å². The third kappa shape index (κ3) is 3.77. The van der Waals surface area contributed by atoms with Crippen molar-refractivity contribution in [3.63, 3.8) is 0 Å². The number of rotatable bonds is 5. The highest BCUT2D eigenvalue weighted by Crippen LogP contribution is 2.08. The van der Waals surface area contributed by atoms with Crippen LogP contribution in [0.2, 0.25) is 0 Å². The highest BCUT2D eigenvalue weighted by molar-refractivity contribution is 5.94. The molecule has 0 aliphatic heterocycles. The first-order valence-corrected chi connectivity index (χ1v) is 5.06. The fraction of sp³-hybridized carbons (Fsp3) is 0.273. The second kappa shape index (κ2) is 6.06. The molecule has 0 fully saturated rings. The first kappa shape index (κ1) is 14.0. The molecule has 0 radical (unpaired) electrons. The van der Waals surface area contributed by atoms with Crippen molar-refractivity contribution >= 4 is 11.9 Å². The predicted octanol–water partition coefficient (Wildman–Crippen LogP) is 0.530. The van der Waals surface area contributed by atoms with Gasteiger partial charge in [-0.15, -0.1) is 0 Å². The number of carbonyl (C=O) groups is 2. The van der Waals surface area contributed by atoms with Crippen LogP contribution < -0.4 is 5.32 Å². The van der Waals surface area contributed by atoms with Crippen LogP contribution in [0.4, 0.5) is 8.78 Å². The number of carboxylic acids is 1. The van der Waals surface area contributed by atoms with Crippen LogP contribution in [-0.2, 0) is 4.79 Å². The number of carboxylic acid groups (broad SMARTS) is 1. The van der Waals surface area contributed by atoms with E-state index in [-0.39, 0.29) is 18.5 Å². The quantitative estimate of drug-likeness (QED) is 0.720. The van der Waals surface area contributed by atoms with Crippen LogP contribution in [0.25, 0.3) is 0 Å². The highest BCUT2D eigenvalue weighted by Gasteiger charge is 2.14. The molecule has 1 aromatic carbocycles. The van der Waals surface area contributed by atoms with Gasteiger partial charge in [-0.2, -0.15) is 0 Å². The molecule has 1 aromatic rings. The molecule has 1 amide bonds. The molecule has 5 nitrogen and oxygen atoms in total. The second-order valence-corrected chi connectivity index (χ2v) is 3.53. The smallest absolute Gasteiger partial charge is 0.332 e. The molecular formula is C11H11F2NO4. The minimum absolute atomic E-state index is 0.0845. The fourth-order valence-corrected chi connectivity index (χ4v) is 1.19. The molecule has 0 bridgehead atoms. The average Bonchev–Trinajstić information content (AvgIpc) is 2.32. The van der Waals surface area contributed by atoms with E-state index in [9.17, 15) is 18.4 Å². The maximum atomic E-state index is 12.8. The minimum Gasteiger partial charge on any atom is -0.479 e. The van der Waals surface area contributed by atoms with Gasteiger partial charge in [-0.05, 0) is 18.2 Å². The van der Waals surface area contributed by atoms with Crippen LogP contribution in [0, 0.1) is 11.6 Å². The van der Waals surface area contributed by atoms with Crippen molar-refractivity contribution in [2.24, 2.45) is 0 Å². The van der Waals surface area contributed by atoms with Gasteiger partial charge in [-0.1, -0.05) is 0 Å². The second-order valence-electron chi connectivity index (χ2n) is 3.53. The predicted molar refractivity (Wildman–Crippen MR) is 57.0 cm³/mol. The Morgan fingerprint density at radius 2 is 1.94 bits per heavy atom. The summed E-state index contributed by atoms with van der Waals surface area (Å²) < 4.78 is 25.4. The first-order chi connectivity index (χ1) is 8.41. The van der Waals surface area contributed by atoms with Crippen LogP contribution in [0.1, 0.15) is 16.8 Å². The molecule has 1 rings (SSSR count). The molecule has 0 saturated carbocycles. The zero-order valence-electron chi connectivity index (χ0n) is 9.19. The Kier molecular flexibility index (Phi) is 4.73. The summed E-state index contributed by atoms with van der Waals surface area (Å²) >= 11 is 0. The van der Waals surface area contributed by atoms with Gasteiger partial charge < -0.3 is 15.5 Å². The van der Waals surface area contributed by atoms with E-state index in [1.807, 2.05) is 0 Å². The van der Waals surface area contributed by atoms with Crippen molar-refractivity contribution in [1.82, 2.24) is 5.32 Å². The number of aliphatic hydroxyl groups is 1. The number of nitrogens with one attached hydrogen (secondary N) is 1. The molecule has 0 spiro atoms. The Labute approximate surface area is 101 Å². The number of benzene rings is 1.